The van der Waals surface area contributed by atoms with Crippen LogP contribution >= 0.6 is 31.9 Å². The number of carbonyl (C=O) groups is 1. The van der Waals surface area contributed by atoms with E-state index in [4.69, 9.17) is 5.11 Å². The number of benzene rings is 1. The third-order valence-electron chi connectivity index (χ3n) is 4.12. The number of nitrogens with zero attached hydrogens (tertiary/aromatic N) is 3. The van der Waals surface area contributed by atoms with Crippen LogP contribution in [0.4, 0.5) is 17.1 Å². The quantitative estimate of drug-likeness (QED) is 0.160. The molecule has 0 saturated heterocycles. The molecule has 0 bridgehead atoms. The van der Waals surface area contributed by atoms with Crippen molar-refractivity contribution in [3.05, 3.63) is 37.9 Å². The fraction of sp³-hybridized carbons (Fsp3) is 0.588. The van der Waals surface area contributed by atoms with Crippen LogP contribution in [-0.4, -0.2) is 57.8 Å². The number of halogens is 2. The zero-order valence-corrected chi connectivity index (χ0v) is 19.0. The topological polar surface area (TPSA) is 139 Å². The fourth-order valence-electron chi connectivity index (χ4n) is 2.78. The van der Waals surface area contributed by atoms with Gasteiger partial charge < -0.3 is 15.3 Å². The lowest BCUT2D eigenvalue weighted by Gasteiger charge is -2.25. The van der Waals surface area contributed by atoms with Crippen molar-refractivity contribution in [3.63, 3.8) is 0 Å². The van der Waals surface area contributed by atoms with Crippen LogP contribution in [0.15, 0.2) is 12.1 Å². The number of unbranched alkanes of at least 4 members (excludes halogenated alkanes) is 3. The van der Waals surface area contributed by atoms with E-state index in [1.165, 1.54) is 0 Å². The molecule has 0 spiro atoms. The lowest BCUT2D eigenvalue weighted by Crippen LogP contribution is -2.32. The van der Waals surface area contributed by atoms with E-state index < -0.39 is 27.1 Å². The number of hydrogen-bond acceptors (Lipinski definition) is 7. The highest BCUT2D eigenvalue weighted by atomic mass is 79.9. The van der Waals surface area contributed by atoms with Crippen molar-refractivity contribution < 1.29 is 19.7 Å². The third kappa shape index (κ3) is 7.86. The van der Waals surface area contributed by atoms with E-state index in [1.54, 1.807) is 4.90 Å². The lowest BCUT2D eigenvalue weighted by atomic mass is 10.1. The van der Waals surface area contributed by atoms with E-state index in [0.29, 0.717) is 43.1 Å². The van der Waals surface area contributed by atoms with Crippen molar-refractivity contribution in [2.24, 2.45) is 0 Å². The average molecular weight is 540 g/mol. The molecule has 0 aliphatic rings. The second-order valence-electron chi connectivity index (χ2n) is 6.13. The summed E-state index contributed by atoms with van der Waals surface area (Å²) in [4.78, 5) is 35.8. The number of hydrogen-bond donors (Lipinski definition) is 2. The van der Waals surface area contributed by atoms with Crippen LogP contribution < -0.4 is 10.2 Å². The fourth-order valence-corrected chi connectivity index (χ4v) is 3.64. The van der Waals surface area contributed by atoms with E-state index in [1.807, 2.05) is 0 Å². The molecule has 0 fully saturated rings. The SMILES string of the molecule is O=C(NCCCCCCO)c1cc([N+](=O)[O-])cc([N+](=O)[O-])c1N(CCBr)CCBr. The first kappa shape index (κ1) is 25.2. The van der Waals surface area contributed by atoms with Gasteiger partial charge in [-0.1, -0.05) is 44.7 Å². The number of nitro groups is 2. The predicted molar refractivity (Wildman–Crippen MR) is 117 cm³/mol. The van der Waals surface area contributed by atoms with E-state index in [0.717, 1.165) is 25.0 Å². The Kier molecular flexibility index (Phi) is 11.7. The first-order valence-corrected chi connectivity index (χ1v) is 11.3. The summed E-state index contributed by atoms with van der Waals surface area (Å²) in [7, 11) is 0. The minimum absolute atomic E-state index is 0.0669. The number of aliphatic hydroxyl groups excluding tert-OH is 1. The first-order chi connectivity index (χ1) is 13.9. The van der Waals surface area contributed by atoms with Crippen molar-refractivity contribution >= 4 is 54.8 Å². The van der Waals surface area contributed by atoms with Gasteiger partial charge in [0, 0.05) is 43.0 Å². The number of non-ortho nitro benzene ring substituents is 1. The molecule has 12 heteroatoms. The van der Waals surface area contributed by atoms with E-state index >= 15 is 0 Å². The molecular weight excluding hydrogens is 516 g/mol. The normalized spacial score (nSPS) is 10.6. The van der Waals surface area contributed by atoms with Crippen molar-refractivity contribution in [1.29, 1.82) is 0 Å². The summed E-state index contributed by atoms with van der Waals surface area (Å²) < 4.78 is 0. The summed E-state index contributed by atoms with van der Waals surface area (Å²) in [6, 6.07) is 1.97. The summed E-state index contributed by atoms with van der Waals surface area (Å²) in [6.45, 7) is 1.21. The highest BCUT2D eigenvalue weighted by Gasteiger charge is 2.30. The largest absolute Gasteiger partial charge is 0.396 e. The summed E-state index contributed by atoms with van der Waals surface area (Å²) >= 11 is 6.59. The molecule has 0 heterocycles. The Bertz CT molecular complexity index is 713. The molecule has 0 saturated carbocycles. The number of amides is 1. The Balaban J connectivity index is 3.27. The Morgan fingerprint density at radius 3 is 2.17 bits per heavy atom. The Labute approximate surface area is 185 Å². The smallest absolute Gasteiger partial charge is 0.300 e. The number of alkyl halides is 2. The lowest BCUT2D eigenvalue weighted by molar-refractivity contribution is -0.393. The van der Waals surface area contributed by atoms with Crippen LogP contribution in [0.2, 0.25) is 0 Å². The van der Waals surface area contributed by atoms with Gasteiger partial charge in [-0.15, -0.1) is 0 Å². The monoisotopic (exact) mass is 538 g/mol. The number of rotatable bonds is 14. The van der Waals surface area contributed by atoms with Crippen LogP contribution in [0.5, 0.6) is 0 Å². The van der Waals surface area contributed by atoms with Gasteiger partial charge in [0.05, 0.1) is 21.5 Å². The van der Waals surface area contributed by atoms with E-state index in [-0.39, 0.29) is 17.9 Å². The van der Waals surface area contributed by atoms with Gasteiger partial charge in [0.25, 0.3) is 17.3 Å². The molecule has 1 amide bonds. The highest BCUT2D eigenvalue weighted by molar-refractivity contribution is 9.09. The second kappa shape index (κ2) is 13.4. The molecule has 1 rings (SSSR count). The Morgan fingerprint density at radius 2 is 1.66 bits per heavy atom. The Morgan fingerprint density at radius 1 is 1.03 bits per heavy atom. The van der Waals surface area contributed by atoms with Gasteiger partial charge in [-0.2, -0.15) is 0 Å². The molecule has 0 atom stereocenters. The molecule has 162 valence electrons. The van der Waals surface area contributed by atoms with Crippen LogP contribution in [0.25, 0.3) is 0 Å². The average Bonchev–Trinajstić information content (AvgIpc) is 2.69. The molecular formula is C17H24Br2N4O6. The molecule has 0 unspecified atom stereocenters. The molecule has 0 aliphatic heterocycles. The molecule has 2 N–H and O–H groups in total. The maximum atomic E-state index is 12.8. The Hall–Kier alpha value is -1.79. The van der Waals surface area contributed by atoms with Gasteiger partial charge in [-0.3, -0.25) is 25.0 Å². The summed E-state index contributed by atoms with van der Waals surface area (Å²) in [5.41, 5.74) is -1.01. The molecule has 29 heavy (non-hydrogen) atoms. The number of aliphatic hydroxyl groups is 1. The molecule has 0 aliphatic carbocycles. The van der Waals surface area contributed by atoms with Crippen molar-refractivity contribution in [2.75, 3.05) is 41.8 Å². The highest BCUT2D eigenvalue weighted by Crippen LogP contribution is 2.36. The first-order valence-electron chi connectivity index (χ1n) is 9.10. The zero-order chi connectivity index (χ0) is 21.8. The van der Waals surface area contributed by atoms with Gasteiger partial charge in [0.15, 0.2) is 0 Å². The predicted octanol–water partition coefficient (Wildman–Crippen LogP) is 3.38. The van der Waals surface area contributed by atoms with Crippen LogP contribution in [0, 0.1) is 20.2 Å². The van der Waals surface area contributed by atoms with Crippen molar-refractivity contribution in [1.82, 2.24) is 5.32 Å². The summed E-state index contributed by atoms with van der Waals surface area (Å²) in [5.74, 6) is -0.594. The van der Waals surface area contributed by atoms with E-state index in [9.17, 15) is 25.0 Å². The molecule has 10 nitrogen and oxygen atoms in total. The molecule has 0 aromatic heterocycles. The number of nitrogens with one attached hydrogen (secondary N) is 1. The van der Waals surface area contributed by atoms with Crippen LogP contribution in [0.3, 0.4) is 0 Å². The van der Waals surface area contributed by atoms with Gasteiger partial charge in [-0.25, -0.2) is 0 Å². The van der Waals surface area contributed by atoms with Gasteiger partial charge in [0.2, 0.25) is 0 Å². The van der Waals surface area contributed by atoms with Crippen molar-refractivity contribution in [2.45, 2.75) is 25.7 Å². The number of nitro benzene ring substituents is 2. The molecule has 0 radical (unpaired) electrons. The number of anilines is 1. The summed E-state index contributed by atoms with van der Waals surface area (Å²) in [6.07, 6.45) is 2.99. The van der Waals surface area contributed by atoms with Crippen LogP contribution in [0.1, 0.15) is 36.0 Å². The maximum Gasteiger partial charge on any atom is 0.300 e. The van der Waals surface area contributed by atoms with Gasteiger partial charge >= 0.3 is 0 Å². The van der Waals surface area contributed by atoms with Crippen LogP contribution in [-0.2, 0) is 0 Å². The summed E-state index contributed by atoms with van der Waals surface area (Å²) in [5, 5.41) is 35.3. The molecule has 1 aromatic rings. The zero-order valence-electron chi connectivity index (χ0n) is 15.8. The van der Waals surface area contributed by atoms with E-state index in [2.05, 4.69) is 37.2 Å². The third-order valence-corrected chi connectivity index (χ3v) is 4.83. The minimum Gasteiger partial charge on any atom is -0.396 e. The van der Waals surface area contributed by atoms with Gasteiger partial charge in [0.1, 0.15) is 5.69 Å². The number of carbonyl (C=O) groups excluding carboxylic acids is 1. The minimum atomic E-state index is -0.748. The maximum absolute atomic E-state index is 12.8. The van der Waals surface area contributed by atoms with Gasteiger partial charge in [-0.05, 0) is 12.8 Å². The molecule has 1 aromatic carbocycles. The standard InChI is InChI=1S/C17H24Br2N4O6/c18-5-8-21(9-6-19)16-14(17(25)20-7-3-1-2-4-10-24)11-13(22(26)27)12-15(16)23(28)29/h11-12,24H,1-10H2,(H,20,25). The second-order valence-corrected chi connectivity index (χ2v) is 7.72. The van der Waals surface area contributed by atoms with Crippen molar-refractivity contribution in [3.8, 4) is 0 Å².